The monoisotopic (exact) mass is 966 g/mol. The SMILES string of the molecule is C=C(CCNC(=O)c1ccc(OC(=O)CCOCCNC(=S)Nc2ccc(CC3CN(CC(=O)O)CCN(CC(=O)O)CCN3CC(=O)O)cc2)cc1)[C@@H]([C-]=O)NC.[Ce]. The molecule has 1 aliphatic rings. The first-order valence-corrected chi connectivity index (χ1v) is 19.0. The number of amides is 1. The molecule has 1 fully saturated rings. The number of aliphatic carboxylic acids is 3. The summed E-state index contributed by atoms with van der Waals surface area (Å²) in [6, 6.07) is 12.6. The number of carbonyl (C=O) groups is 5. The largest absolute Gasteiger partial charge is 0.540 e. The van der Waals surface area contributed by atoms with Gasteiger partial charge in [0.2, 0.25) is 0 Å². The van der Waals surface area contributed by atoms with Crippen LogP contribution in [0.15, 0.2) is 60.7 Å². The van der Waals surface area contributed by atoms with Crippen molar-refractivity contribution in [2.24, 2.45) is 0 Å². The van der Waals surface area contributed by atoms with Crippen molar-refractivity contribution in [1.82, 2.24) is 30.7 Å². The fourth-order valence-electron chi connectivity index (χ4n) is 6.06. The molecule has 0 aromatic heterocycles. The van der Waals surface area contributed by atoms with Gasteiger partial charge < -0.3 is 50.9 Å². The van der Waals surface area contributed by atoms with Crippen LogP contribution in [0, 0.1) is 41.7 Å². The van der Waals surface area contributed by atoms with E-state index in [1.807, 2.05) is 30.6 Å². The Morgan fingerprint density at radius 2 is 1.47 bits per heavy atom. The maximum Gasteiger partial charge on any atom is 0.317 e. The van der Waals surface area contributed by atoms with Crippen molar-refractivity contribution in [2.75, 3.05) is 91.0 Å². The Morgan fingerprint density at radius 3 is 2.10 bits per heavy atom. The number of nitrogens with one attached hydrogen (secondary N) is 4. The zero-order valence-corrected chi connectivity index (χ0v) is 36.9. The minimum atomic E-state index is -1.04. The predicted octanol–water partition coefficient (Wildman–Crippen LogP) is 0.444. The van der Waals surface area contributed by atoms with E-state index >= 15 is 0 Å². The third-order valence-corrected chi connectivity index (χ3v) is 9.28. The third-order valence-electron chi connectivity index (χ3n) is 9.04. The summed E-state index contributed by atoms with van der Waals surface area (Å²) in [5.74, 6) is -3.62. The second-order valence-corrected chi connectivity index (χ2v) is 13.9. The molecule has 59 heavy (non-hydrogen) atoms. The van der Waals surface area contributed by atoms with Gasteiger partial charge in [0.05, 0.1) is 39.3 Å². The third kappa shape index (κ3) is 20.3. The summed E-state index contributed by atoms with van der Waals surface area (Å²) in [6.45, 7) is 5.66. The minimum Gasteiger partial charge on any atom is -0.540 e. The number of benzene rings is 2. The zero-order valence-electron chi connectivity index (χ0n) is 32.9. The number of hydrogen-bond donors (Lipinski definition) is 7. The molecule has 1 heterocycles. The van der Waals surface area contributed by atoms with Gasteiger partial charge in [-0.05, 0) is 74.1 Å². The number of anilines is 1. The van der Waals surface area contributed by atoms with Gasteiger partial charge >= 0.3 is 23.9 Å². The summed E-state index contributed by atoms with van der Waals surface area (Å²) in [5, 5.41) is 40.4. The number of rotatable bonds is 23. The normalized spacial score (nSPS) is 15.5. The predicted molar refractivity (Wildman–Crippen MR) is 218 cm³/mol. The zero-order chi connectivity index (χ0) is 42.5. The quantitative estimate of drug-likeness (QED) is 0.0200. The van der Waals surface area contributed by atoms with Crippen LogP contribution in [0.1, 0.15) is 28.8 Å². The molecule has 7 N–H and O–H groups in total. The molecular weight excluding hydrogens is 915 g/mol. The van der Waals surface area contributed by atoms with E-state index < -0.39 is 29.9 Å². The molecule has 0 radical (unpaired) electrons. The smallest absolute Gasteiger partial charge is 0.317 e. The number of nitrogens with zero attached hydrogens (tertiary/aromatic N) is 3. The van der Waals surface area contributed by atoms with Crippen molar-refractivity contribution in [2.45, 2.75) is 31.3 Å². The summed E-state index contributed by atoms with van der Waals surface area (Å²) in [5.41, 5.74) is 2.58. The molecule has 3 rings (SSSR count). The summed E-state index contributed by atoms with van der Waals surface area (Å²) in [4.78, 5) is 75.5. The average molecular weight is 967 g/mol. The molecule has 1 amide bonds. The number of hydrogen-bond acceptors (Lipinski definition) is 13. The number of carbonyl (C=O) groups excluding carboxylic acids is 3. The van der Waals surface area contributed by atoms with Gasteiger partial charge in [0, 0.05) is 105 Å². The number of likely N-dealkylation sites (N-methyl/N-ethyl adjacent to an activating group) is 1. The van der Waals surface area contributed by atoms with Crippen LogP contribution in [0.2, 0.25) is 0 Å². The first-order chi connectivity index (χ1) is 27.8. The average Bonchev–Trinajstić information content (AvgIpc) is 3.23. The van der Waals surface area contributed by atoms with Gasteiger partial charge in [-0.1, -0.05) is 23.7 Å². The van der Waals surface area contributed by atoms with Gasteiger partial charge in [-0.25, -0.2) is 6.29 Å². The molecule has 1 saturated heterocycles. The van der Waals surface area contributed by atoms with Crippen LogP contribution in [-0.4, -0.2) is 169 Å². The van der Waals surface area contributed by atoms with Crippen LogP contribution in [0.5, 0.6) is 5.75 Å². The fourth-order valence-corrected chi connectivity index (χ4v) is 6.28. The van der Waals surface area contributed by atoms with Gasteiger partial charge in [-0.2, -0.15) is 0 Å². The number of carboxylic acid groups (broad SMARTS) is 3. The molecule has 2 aromatic rings. The van der Waals surface area contributed by atoms with Crippen molar-refractivity contribution in [3.8, 4) is 5.75 Å². The van der Waals surface area contributed by atoms with Crippen LogP contribution in [0.3, 0.4) is 0 Å². The van der Waals surface area contributed by atoms with E-state index in [4.69, 9.17) is 21.7 Å². The van der Waals surface area contributed by atoms with Crippen LogP contribution in [0.25, 0.3) is 0 Å². The molecule has 20 heteroatoms. The van der Waals surface area contributed by atoms with Gasteiger partial charge in [0.1, 0.15) is 5.75 Å². The first kappa shape index (κ1) is 51.2. The Hall–Kier alpha value is -3.93. The summed E-state index contributed by atoms with van der Waals surface area (Å²) >= 11 is 5.39. The van der Waals surface area contributed by atoms with E-state index in [0.29, 0.717) is 74.0 Å². The van der Waals surface area contributed by atoms with Crippen molar-refractivity contribution in [3.05, 3.63) is 71.8 Å². The van der Waals surface area contributed by atoms with E-state index in [-0.39, 0.29) is 105 Å². The maximum atomic E-state index is 12.4. The summed E-state index contributed by atoms with van der Waals surface area (Å²) in [6.07, 6.45) is 2.68. The summed E-state index contributed by atoms with van der Waals surface area (Å²) < 4.78 is 10.9. The molecule has 0 saturated carbocycles. The minimum absolute atomic E-state index is 0. The Balaban J connectivity index is 0.0000120. The summed E-state index contributed by atoms with van der Waals surface area (Å²) in [7, 11) is 1.62. The van der Waals surface area contributed by atoms with Crippen LogP contribution in [-0.2, 0) is 35.1 Å². The Labute approximate surface area is 382 Å². The maximum absolute atomic E-state index is 12.4. The van der Waals surface area contributed by atoms with Gasteiger partial charge in [-0.15, -0.1) is 6.58 Å². The molecule has 0 aliphatic carbocycles. The molecule has 18 nitrogen and oxygen atoms in total. The molecule has 1 unspecified atom stereocenters. The van der Waals surface area contributed by atoms with E-state index in [1.165, 1.54) is 24.3 Å². The molecule has 2 atom stereocenters. The van der Waals surface area contributed by atoms with Crippen molar-refractivity contribution >= 4 is 59.1 Å². The van der Waals surface area contributed by atoms with Crippen LogP contribution < -0.4 is 26.0 Å². The number of thiocarbonyl (C=S) groups is 1. The van der Waals surface area contributed by atoms with E-state index in [2.05, 4.69) is 27.8 Å². The number of esters is 1. The van der Waals surface area contributed by atoms with Crippen molar-refractivity contribution in [3.63, 3.8) is 0 Å². The topological polar surface area (TPSA) is 239 Å². The van der Waals surface area contributed by atoms with Gasteiger partial charge in [0.25, 0.3) is 5.91 Å². The molecule has 320 valence electrons. The Bertz CT molecular complexity index is 1720. The Morgan fingerprint density at radius 1 is 0.847 bits per heavy atom. The molecule has 0 bridgehead atoms. The van der Waals surface area contributed by atoms with E-state index in [1.54, 1.807) is 21.7 Å². The van der Waals surface area contributed by atoms with Gasteiger partial charge in [0.15, 0.2) is 5.11 Å². The Kier molecular flexibility index (Phi) is 24.1. The molecule has 0 spiro atoms. The van der Waals surface area contributed by atoms with E-state index in [0.717, 1.165) is 5.56 Å². The number of ether oxygens (including phenoxy) is 2. The van der Waals surface area contributed by atoms with Crippen LogP contribution >= 0.6 is 12.2 Å². The standard InChI is InChI=1S/C39H52N7O11S.Ce/c1-27(33(26-47)40-2)11-13-41-38(55)29-5-9-32(10-6-29)57-37(54)12-19-56-20-14-42-39(58)43-30-7-3-28(4-8-30)21-31-22-45(24-35(50)51)16-15-44(23-34(48)49)17-18-46(31)25-36(52)53;/h3-10,31,33,40H,1,11-25H2,2H3,(H,41,55)(H,48,49)(H,50,51)(H,52,53)(H2,42,43,58);/q-1;/t31?,33-;/m1./s1. The molecular formula is C39H52CeN7O11S-. The second kappa shape index (κ2) is 27.8. The first-order valence-electron chi connectivity index (χ1n) is 18.6. The van der Waals surface area contributed by atoms with Crippen molar-refractivity contribution < 1.29 is 95.3 Å². The van der Waals surface area contributed by atoms with Crippen molar-refractivity contribution in [1.29, 1.82) is 0 Å². The van der Waals surface area contributed by atoms with Crippen LogP contribution in [0.4, 0.5) is 5.69 Å². The van der Waals surface area contributed by atoms with Gasteiger partial charge in [-0.3, -0.25) is 38.7 Å². The second-order valence-electron chi connectivity index (χ2n) is 13.5. The fraction of sp³-hybridized carbons (Fsp3) is 0.462. The molecule has 2 aromatic carbocycles. The number of carboxylic acids is 3. The molecule has 1 aliphatic heterocycles. The van der Waals surface area contributed by atoms with E-state index in [9.17, 15) is 44.1 Å².